The van der Waals surface area contributed by atoms with E-state index in [1.54, 1.807) is 14.0 Å². The highest BCUT2D eigenvalue weighted by Crippen LogP contribution is 2.26. The number of carbonyl (C=O) groups excluding carboxylic acids is 1. The van der Waals surface area contributed by atoms with Crippen LogP contribution in [0.15, 0.2) is 29.6 Å². The first-order valence-electron chi connectivity index (χ1n) is 7.97. The van der Waals surface area contributed by atoms with Crippen molar-refractivity contribution in [2.24, 2.45) is 0 Å². The Morgan fingerprint density at radius 2 is 1.96 bits per heavy atom. The number of methoxy groups -OCH3 is 1. The fraction of sp³-hybridized carbons (Fsp3) is 0.444. The number of benzene rings is 1. The molecule has 0 saturated carbocycles. The molecule has 2 atom stereocenters. The molecule has 7 heteroatoms. The van der Waals surface area contributed by atoms with E-state index in [0.29, 0.717) is 0 Å². The summed E-state index contributed by atoms with van der Waals surface area (Å²) in [6, 6.07) is 7.65. The molecule has 0 spiro atoms. The van der Waals surface area contributed by atoms with E-state index >= 15 is 0 Å². The van der Waals surface area contributed by atoms with Crippen molar-refractivity contribution in [2.45, 2.75) is 44.2 Å². The number of carbonyl (C=O) groups is 1. The highest BCUT2D eigenvalue weighted by atomic mass is 32.2. The molecule has 2 aromatic rings. The monoisotopic (exact) mass is 380 g/mol. The normalized spacial score (nSPS) is 14.0. The number of thiazole rings is 1. The van der Waals surface area contributed by atoms with Crippen LogP contribution in [0.1, 0.15) is 33.4 Å². The first-order chi connectivity index (χ1) is 11.7. The average Bonchev–Trinajstić information content (AvgIpc) is 3.01. The van der Waals surface area contributed by atoms with Gasteiger partial charge in [-0.05, 0) is 52.0 Å². The lowest BCUT2D eigenvalue weighted by Gasteiger charge is -2.22. The Balaban J connectivity index is 2.02. The molecule has 2 rings (SSSR count). The molecule has 0 aliphatic rings. The lowest BCUT2D eigenvalue weighted by atomic mass is 10.1. The number of rotatable bonds is 6. The van der Waals surface area contributed by atoms with Gasteiger partial charge in [0.05, 0.1) is 18.6 Å². The summed E-state index contributed by atoms with van der Waals surface area (Å²) < 4.78 is 17.6. The minimum Gasteiger partial charge on any atom is -0.497 e. The standard InChI is InChI=1S/C18H24N2O3S2/c1-12(16(21)20-18(2,3)4)25(22)11-14-10-24-17(19-14)13-6-8-15(23-5)9-7-13/h6-10,12H,11H2,1-5H3,(H,20,21)/t12-,25+/m0/s1. The number of hydrogen-bond donors (Lipinski definition) is 1. The Morgan fingerprint density at radius 1 is 1.32 bits per heavy atom. The van der Waals surface area contributed by atoms with Crippen molar-refractivity contribution >= 4 is 28.0 Å². The minimum absolute atomic E-state index is 0.198. The molecule has 0 fully saturated rings. The van der Waals surface area contributed by atoms with Crippen LogP contribution in [0.25, 0.3) is 10.6 Å². The maximum Gasteiger partial charge on any atom is 0.235 e. The van der Waals surface area contributed by atoms with Crippen molar-refractivity contribution < 1.29 is 13.7 Å². The van der Waals surface area contributed by atoms with Crippen molar-refractivity contribution in [1.82, 2.24) is 10.3 Å². The van der Waals surface area contributed by atoms with Crippen LogP contribution in [0.4, 0.5) is 0 Å². The van der Waals surface area contributed by atoms with Crippen LogP contribution in [-0.2, 0) is 21.3 Å². The van der Waals surface area contributed by atoms with E-state index < -0.39 is 16.0 Å². The van der Waals surface area contributed by atoms with Gasteiger partial charge in [0.25, 0.3) is 0 Å². The van der Waals surface area contributed by atoms with Crippen LogP contribution in [-0.4, -0.2) is 33.0 Å². The highest BCUT2D eigenvalue weighted by molar-refractivity contribution is 7.85. The van der Waals surface area contributed by atoms with Crippen molar-refractivity contribution in [3.05, 3.63) is 35.3 Å². The fourth-order valence-electron chi connectivity index (χ4n) is 2.10. The van der Waals surface area contributed by atoms with Crippen LogP contribution in [0.2, 0.25) is 0 Å². The van der Waals surface area contributed by atoms with Gasteiger partial charge in [-0.1, -0.05) is 0 Å². The van der Waals surface area contributed by atoms with E-state index in [9.17, 15) is 9.00 Å². The third-order valence-corrected chi connectivity index (χ3v) is 5.96. The Hall–Kier alpha value is -1.73. The summed E-state index contributed by atoms with van der Waals surface area (Å²) in [4.78, 5) is 16.7. The van der Waals surface area contributed by atoms with Crippen LogP contribution in [0.5, 0.6) is 5.75 Å². The van der Waals surface area contributed by atoms with E-state index in [-0.39, 0.29) is 17.2 Å². The van der Waals surface area contributed by atoms with E-state index in [0.717, 1.165) is 22.0 Å². The quantitative estimate of drug-likeness (QED) is 0.834. The number of aromatic nitrogens is 1. The maximum atomic E-state index is 12.5. The molecule has 1 aromatic heterocycles. The topological polar surface area (TPSA) is 68.3 Å². The summed E-state index contributed by atoms with van der Waals surface area (Å²) >= 11 is 1.50. The molecule has 0 radical (unpaired) electrons. The van der Waals surface area contributed by atoms with E-state index in [2.05, 4.69) is 10.3 Å². The lowest BCUT2D eigenvalue weighted by molar-refractivity contribution is -0.121. The Bertz CT molecular complexity index is 748. The van der Waals surface area contributed by atoms with Gasteiger partial charge in [0, 0.05) is 27.3 Å². The van der Waals surface area contributed by atoms with Crippen molar-refractivity contribution in [3.8, 4) is 16.3 Å². The predicted molar refractivity (Wildman–Crippen MR) is 103 cm³/mol. The number of amides is 1. The average molecular weight is 381 g/mol. The summed E-state index contributed by atoms with van der Waals surface area (Å²) in [5.41, 5.74) is 1.39. The van der Waals surface area contributed by atoms with Gasteiger partial charge in [0.2, 0.25) is 5.91 Å². The molecule has 136 valence electrons. The van der Waals surface area contributed by atoms with Gasteiger partial charge in [-0.3, -0.25) is 9.00 Å². The molecule has 1 aromatic carbocycles. The largest absolute Gasteiger partial charge is 0.497 e. The second kappa shape index (κ2) is 8.10. The first kappa shape index (κ1) is 19.6. The number of nitrogens with one attached hydrogen (secondary N) is 1. The second-order valence-electron chi connectivity index (χ2n) is 6.78. The second-order valence-corrected chi connectivity index (χ2v) is 9.39. The van der Waals surface area contributed by atoms with Crippen LogP contribution >= 0.6 is 11.3 Å². The van der Waals surface area contributed by atoms with Crippen LogP contribution in [0.3, 0.4) is 0 Å². The summed E-state index contributed by atoms with van der Waals surface area (Å²) in [5.74, 6) is 0.863. The smallest absolute Gasteiger partial charge is 0.235 e. The maximum absolute atomic E-state index is 12.5. The molecule has 0 saturated heterocycles. The Morgan fingerprint density at radius 3 is 2.52 bits per heavy atom. The van der Waals surface area contributed by atoms with Gasteiger partial charge in [0.1, 0.15) is 16.0 Å². The summed E-state index contributed by atoms with van der Waals surface area (Å²) in [6.07, 6.45) is 0. The van der Waals surface area contributed by atoms with Crippen LogP contribution in [0, 0.1) is 0 Å². The van der Waals surface area contributed by atoms with Crippen molar-refractivity contribution in [3.63, 3.8) is 0 Å². The summed E-state index contributed by atoms with van der Waals surface area (Å²) in [6.45, 7) is 7.40. The van der Waals surface area contributed by atoms with Gasteiger partial charge in [-0.15, -0.1) is 11.3 Å². The number of ether oxygens (including phenoxy) is 1. The van der Waals surface area contributed by atoms with Crippen molar-refractivity contribution in [1.29, 1.82) is 0 Å². The zero-order valence-corrected chi connectivity index (χ0v) is 16.8. The Kier molecular flexibility index (Phi) is 6.35. The molecule has 0 unspecified atom stereocenters. The highest BCUT2D eigenvalue weighted by Gasteiger charge is 2.24. The van der Waals surface area contributed by atoms with Gasteiger partial charge >= 0.3 is 0 Å². The lowest BCUT2D eigenvalue weighted by Crippen LogP contribution is -2.46. The first-order valence-corrected chi connectivity index (χ1v) is 10.2. The predicted octanol–water partition coefficient (Wildman–Crippen LogP) is 3.37. The molecule has 1 heterocycles. The molecule has 0 aliphatic carbocycles. The number of nitrogens with zero attached hydrogens (tertiary/aromatic N) is 1. The SMILES string of the molecule is COc1ccc(-c2nc(C[S@@](=O)[C@@H](C)C(=O)NC(C)(C)C)cs2)cc1. The third kappa shape index (κ3) is 5.64. The summed E-state index contributed by atoms with van der Waals surface area (Å²) in [7, 11) is 0.311. The van der Waals surface area contributed by atoms with Gasteiger partial charge in [-0.25, -0.2) is 4.98 Å². The molecule has 25 heavy (non-hydrogen) atoms. The molecule has 0 bridgehead atoms. The minimum atomic E-state index is -1.32. The fourth-order valence-corrected chi connectivity index (χ4v) is 4.02. The molecule has 1 N–H and O–H groups in total. The van der Waals surface area contributed by atoms with Gasteiger partial charge < -0.3 is 10.1 Å². The van der Waals surface area contributed by atoms with Gasteiger partial charge in [-0.2, -0.15) is 0 Å². The van der Waals surface area contributed by atoms with E-state index in [1.807, 2.05) is 50.4 Å². The van der Waals surface area contributed by atoms with E-state index in [4.69, 9.17) is 4.74 Å². The molecule has 1 amide bonds. The third-order valence-electron chi connectivity index (χ3n) is 3.44. The zero-order chi connectivity index (χ0) is 18.6. The van der Waals surface area contributed by atoms with Gasteiger partial charge in [0.15, 0.2) is 0 Å². The zero-order valence-electron chi connectivity index (χ0n) is 15.2. The molecule has 5 nitrogen and oxygen atoms in total. The molecular formula is C18H24N2O3S2. The summed E-state index contributed by atoms with van der Waals surface area (Å²) in [5, 5.41) is 5.04. The Labute approximate surface area is 155 Å². The van der Waals surface area contributed by atoms with E-state index in [1.165, 1.54) is 11.3 Å². The molecular weight excluding hydrogens is 356 g/mol. The van der Waals surface area contributed by atoms with Crippen LogP contribution < -0.4 is 10.1 Å². The molecule has 0 aliphatic heterocycles. The number of hydrogen-bond acceptors (Lipinski definition) is 5. The van der Waals surface area contributed by atoms with Crippen molar-refractivity contribution in [2.75, 3.05) is 7.11 Å².